The van der Waals surface area contributed by atoms with Crippen molar-refractivity contribution in [2.75, 3.05) is 71.0 Å². The van der Waals surface area contributed by atoms with Crippen molar-refractivity contribution in [3.05, 3.63) is 18.5 Å². The number of ether oxygens (including phenoxy) is 1. The average Bonchev–Trinajstić information content (AvgIpc) is 3.27. The summed E-state index contributed by atoms with van der Waals surface area (Å²) >= 11 is 0. The number of aromatic nitrogens is 2. The average molecular weight is 531 g/mol. The molecular formula is C20H34IN7O2. The first-order valence-electron chi connectivity index (χ1n) is 10.5. The van der Waals surface area contributed by atoms with E-state index >= 15 is 0 Å². The van der Waals surface area contributed by atoms with E-state index in [4.69, 9.17) is 4.74 Å². The molecule has 2 aliphatic heterocycles. The number of nitrogens with zero attached hydrogens (tertiary/aromatic N) is 6. The fourth-order valence-corrected chi connectivity index (χ4v) is 3.70. The van der Waals surface area contributed by atoms with Gasteiger partial charge in [-0.1, -0.05) is 0 Å². The van der Waals surface area contributed by atoms with Crippen molar-refractivity contribution >= 4 is 41.8 Å². The summed E-state index contributed by atoms with van der Waals surface area (Å²) in [6.07, 6.45) is 5.02. The van der Waals surface area contributed by atoms with Crippen molar-refractivity contribution in [2.24, 2.45) is 10.9 Å². The zero-order valence-corrected chi connectivity index (χ0v) is 20.3. The lowest BCUT2D eigenvalue weighted by molar-refractivity contribution is -0.131. The number of nitrogens with one attached hydrogen (secondary N) is 1. The number of carbonyl (C=O) groups is 1. The highest BCUT2D eigenvalue weighted by Crippen LogP contribution is 2.13. The summed E-state index contributed by atoms with van der Waals surface area (Å²) in [4.78, 5) is 32.0. The molecule has 0 aromatic carbocycles. The number of aliphatic imine (C=N–C) groups is 1. The van der Waals surface area contributed by atoms with Gasteiger partial charge in [0, 0.05) is 77.7 Å². The van der Waals surface area contributed by atoms with Gasteiger partial charge in [-0.2, -0.15) is 0 Å². The van der Waals surface area contributed by atoms with E-state index in [1.807, 2.05) is 18.0 Å². The van der Waals surface area contributed by atoms with E-state index in [0.29, 0.717) is 32.0 Å². The van der Waals surface area contributed by atoms with Crippen LogP contribution >= 0.6 is 24.0 Å². The molecule has 3 heterocycles. The molecule has 1 aromatic rings. The summed E-state index contributed by atoms with van der Waals surface area (Å²) < 4.78 is 5.46. The number of hydrogen-bond acceptors (Lipinski definition) is 6. The Hall–Kier alpha value is -1.69. The van der Waals surface area contributed by atoms with E-state index in [0.717, 1.165) is 57.7 Å². The lowest BCUT2D eigenvalue weighted by Crippen LogP contribution is -2.49. The molecule has 0 saturated carbocycles. The Kier molecular flexibility index (Phi) is 10.6. The maximum Gasteiger partial charge on any atom is 0.225 e. The Labute approximate surface area is 196 Å². The normalized spacial score (nSPS) is 19.4. The SMILES string of the molecule is CCNC(=NCCC(=O)N1CCN(c2ncccn2)CC1)N(C)CC1CCOC1.I. The minimum atomic E-state index is 0. The van der Waals surface area contributed by atoms with Crippen molar-refractivity contribution < 1.29 is 9.53 Å². The Bertz CT molecular complexity index is 662. The fourth-order valence-electron chi connectivity index (χ4n) is 3.70. The van der Waals surface area contributed by atoms with Crippen LogP contribution in [-0.4, -0.2) is 97.7 Å². The first kappa shape index (κ1) is 24.6. The van der Waals surface area contributed by atoms with Crippen molar-refractivity contribution in [3.63, 3.8) is 0 Å². The minimum Gasteiger partial charge on any atom is -0.381 e. The predicted molar refractivity (Wildman–Crippen MR) is 128 cm³/mol. The smallest absolute Gasteiger partial charge is 0.225 e. The highest BCUT2D eigenvalue weighted by atomic mass is 127. The lowest BCUT2D eigenvalue weighted by atomic mass is 10.1. The molecule has 2 fully saturated rings. The van der Waals surface area contributed by atoms with Gasteiger partial charge >= 0.3 is 0 Å². The van der Waals surface area contributed by atoms with Crippen LogP contribution in [0.3, 0.4) is 0 Å². The molecule has 2 saturated heterocycles. The van der Waals surface area contributed by atoms with E-state index < -0.39 is 0 Å². The van der Waals surface area contributed by atoms with Gasteiger partial charge in [-0.05, 0) is 19.4 Å². The molecule has 0 radical (unpaired) electrons. The topological polar surface area (TPSA) is 86.2 Å². The van der Waals surface area contributed by atoms with Crippen molar-refractivity contribution in [3.8, 4) is 0 Å². The Morgan fingerprint density at radius 1 is 1.30 bits per heavy atom. The summed E-state index contributed by atoms with van der Waals surface area (Å²) in [5.41, 5.74) is 0. The molecule has 3 rings (SSSR count). The molecule has 30 heavy (non-hydrogen) atoms. The molecule has 0 spiro atoms. The van der Waals surface area contributed by atoms with Gasteiger partial charge in [0.15, 0.2) is 5.96 Å². The number of guanidine groups is 1. The molecule has 1 aromatic heterocycles. The monoisotopic (exact) mass is 531 g/mol. The van der Waals surface area contributed by atoms with Gasteiger partial charge in [0.1, 0.15) is 0 Å². The van der Waals surface area contributed by atoms with Crippen LogP contribution in [0.2, 0.25) is 0 Å². The zero-order chi connectivity index (χ0) is 20.5. The summed E-state index contributed by atoms with van der Waals surface area (Å²) in [6, 6.07) is 1.81. The van der Waals surface area contributed by atoms with Crippen LogP contribution in [0.5, 0.6) is 0 Å². The number of halogens is 1. The zero-order valence-electron chi connectivity index (χ0n) is 18.0. The van der Waals surface area contributed by atoms with Crippen molar-refractivity contribution in [2.45, 2.75) is 19.8 Å². The molecule has 9 nitrogen and oxygen atoms in total. The lowest BCUT2D eigenvalue weighted by Gasteiger charge is -2.34. The molecule has 1 amide bonds. The maximum absolute atomic E-state index is 12.6. The standard InChI is InChI=1S/C20H33N7O2.HI/c1-3-21-19(25(2)15-17-6-14-29-16-17)24-9-5-18(28)26-10-12-27(13-11-26)20-22-7-4-8-23-20;/h4,7-8,17H,3,5-6,9-16H2,1-2H3,(H,21,24);1H. The second kappa shape index (κ2) is 12.9. The Balaban J connectivity index is 0.00000320. The molecule has 0 bridgehead atoms. The number of rotatable bonds is 7. The summed E-state index contributed by atoms with van der Waals surface area (Å²) in [6.45, 7) is 8.86. The van der Waals surface area contributed by atoms with Crippen molar-refractivity contribution in [1.29, 1.82) is 0 Å². The van der Waals surface area contributed by atoms with Crippen LogP contribution in [0.4, 0.5) is 5.95 Å². The van der Waals surface area contributed by atoms with Crippen LogP contribution in [0.25, 0.3) is 0 Å². The third kappa shape index (κ3) is 7.22. The first-order chi connectivity index (χ1) is 14.2. The first-order valence-corrected chi connectivity index (χ1v) is 10.5. The molecular weight excluding hydrogens is 497 g/mol. The van der Waals surface area contributed by atoms with E-state index in [9.17, 15) is 4.79 Å². The van der Waals surface area contributed by atoms with Crippen LogP contribution < -0.4 is 10.2 Å². The van der Waals surface area contributed by atoms with E-state index in [1.54, 1.807) is 12.4 Å². The van der Waals surface area contributed by atoms with Crippen LogP contribution in [-0.2, 0) is 9.53 Å². The maximum atomic E-state index is 12.6. The van der Waals surface area contributed by atoms with Crippen LogP contribution in [0.15, 0.2) is 23.5 Å². The largest absolute Gasteiger partial charge is 0.381 e. The van der Waals surface area contributed by atoms with E-state index in [2.05, 4.69) is 37.0 Å². The van der Waals surface area contributed by atoms with E-state index in [-0.39, 0.29) is 29.9 Å². The molecule has 2 aliphatic rings. The summed E-state index contributed by atoms with van der Waals surface area (Å²) in [5.74, 6) is 2.30. The Morgan fingerprint density at radius 3 is 2.67 bits per heavy atom. The number of hydrogen-bond donors (Lipinski definition) is 1. The fraction of sp³-hybridized carbons (Fsp3) is 0.700. The second-order valence-corrected chi connectivity index (χ2v) is 7.51. The van der Waals surface area contributed by atoms with Gasteiger partial charge in [0.05, 0.1) is 13.2 Å². The molecule has 0 aliphatic carbocycles. The second-order valence-electron chi connectivity index (χ2n) is 7.51. The van der Waals surface area contributed by atoms with Gasteiger partial charge in [-0.25, -0.2) is 9.97 Å². The van der Waals surface area contributed by atoms with Gasteiger partial charge < -0.3 is 24.8 Å². The van der Waals surface area contributed by atoms with Crippen molar-refractivity contribution in [1.82, 2.24) is 25.1 Å². The van der Waals surface area contributed by atoms with Gasteiger partial charge in [-0.15, -0.1) is 24.0 Å². The van der Waals surface area contributed by atoms with Gasteiger partial charge in [-0.3, -0.25) is 9.79 Å². The molecule has 1 unspecified atom stereocenters. The third-order valence-electron chi connectivity index (χ3n) is 5.31. The number of carbonyl (C=O) groups excluding carboxylic acids is 1. The van der Waals surface area contributed by atoms with Gasteiger partial charge in [0.25, 0.3) is 0 Å². The molecule has 168 valence electrons. The van der Waals surface area contributed by atoms with Gasteiger partial charge in [0.2, 0.25) is 11.9 Å². The Morgan fingerprint density at radius 2 is 2.03 bits per heavy atom. The molecule has 1 N–H and O–H groups in total. The predicted octanol–water partition coefficient (Wildman–Crippen LogP) is 1.07. The minimum absolute atomic E-state index is 0. The van der Waals surface area contributed by atoms with Crippen LogP contribution in [0.1, 0.15) is 19.8 Å². The van der Waals surface area contributed by atoms with Crippen LogP contribution in [0, 0.1) is 5.92 Å². The van der Waals surface area contributed by atoms with E-state index in [1.165, 1.54) is 0 Å². The summed E-state index contributed by atoms with van der Waals surface area (Å²) in [5, 5.41) is 3.32. The third-order valence-corrected chi connectivity index (χ3v) is 5.31. The number of piperazine rings is 1. The molecule has 1 atom stereocenters. The summed E-state index contributed by atoms with van der Waals surface area (Å²) in [7, 11) is 2.05. The molecule has 10 heteroatoms. The highest BCUT2D eigenvalue weighted by Gasteiger charge is 2.22. The quantitative estimate of drug-likeness (QED) is 0.320. The number of anilines is 1. The number of amides is 1. The highest BCUT2D eigenvalue weighted by molar-refractivity contribution is 14.0.